The number of thiophene rings is 1. The Bertz CT molecular complexity index is 601. The maximum atomic E-state index is 12.9. The quantitative estimate of drug-likeness (QED) is 0.865. The van der Waals surface area contributed by atoms with E-state index in [2.05, 4.69) is 28.6 Å². The van der Waals surface area contributed by atoms with Crippen LogP contribution in [-0.4, -0.2) is 36.1 Å². The largest absolute Gasteiger partial charge is 0.391 e. The Morgan fingerprint density at radius 1 is 1.44 bits per heavy atom. The summed E-state index contributed by atoms with van der Waals surface area (Å²) in [5.41, 5.74) is 1.36. The lowest BCUT2D eigenvalue weighted by Crippen LogP contribution is -2.46. The number of amides is 1. The monoisotopic (exact) mass is 374 g/mol. The Kier molecular flexibility index (Phi) is 5.73. The van der Waals surface area contributed by atoms with Crippen molar-refractivity contribution in [3.63, 3.8) is 0 Å². The van der Waals surface area contributed by atoms with Crippen LogP contribution in [0, 0.1) is 11.8 Å². The van der Waals surface area contributed by atoms with Gasteiger partial charge in [-0.15, -0.1) is 11.3 Å². The minimum Gasteiger partial charge on any atom is -0.354 e. The highest BCUT2D eigenvalue weighted by Gasteiger charge is 2.43. The van der Waals surface area contributed by atoms with Gasteiger partial charge in [0.25, 0.3) is 0 Å². The Labute approximate surface area is 150 Å². The molecule has 25 heavy (non-hydrogen) atoms. The van der Waals surface area contributed by atoms with E-state index in [-0.39, 0.29) is 24.8 Å². The van der Waals surface area contributed by atoms with Crippen LogP contribution in [0.2, 0.25) is 0 Å². The van der Waals surface area contributed by atoms with Gasteiger partial charge in [-0.25, -0.2) is 0 Å². The summed E-state index contributed by atoms with van der Waals surface area (Å²) in [4.78, 5) is 16.1. The second-order valence-corrected chi connectivity index (χ2v) is 8.29. The number of nitrogens with one attached hydrogen (secondary N) is 1. The summed E-state index contributed by atoms with van der Waals surface area (Å²) in [6, 6.07) is 2.33. The van der Waals surface area contributed by atoms with E-state index in [1.54, 1.807) is 11.3 Å². The van der Waals surface area contributed by atoms with Crippen molar-refractivity contribution >= 4 is 17.2 Å². The van der Waals surface area contributed by atoms with Gasteiger partial charge in [0.15, 0.2) is 0 Å². The molecule has 1 saturated carbocycles. The molecule has 1 aromatic rings. The zero-order valence-corrected chi connectivity index (χ0v) is 15.3. The van der Waals surface area contributed by atoms with Crippen molar-refractivity contribution in [2.45, 2.75) is 57.8 Å². The molecule has 7 heteroatoms. The van der Waals surface area contributed by atoms with Gasteiger partial charge in [-0.3, -0.25) is 9.69 Å². The maximum absolute atomic E-state index is 12.9. The van der Waals surface area contributed by atoms with Gasteiger partial charge in [0.05, 0.1) is 5.92 Å². The molecule has 0 saturated heterocycles. The molecule has 0 aromatic carbocycles. The molecular weight excluding hydrogens is 349 g/mol. The number of rotatable bonds is 4. The molecule has 0 bridgehead atoms. The molecule has 3 atom stereocenters. The van der Waals surface area contributed by atoms with Gasteiger partial charge in [0.1, 0.15) is 0 Å². The topological polar surface area (TPSA) is 32.3 Å². The maximum Gasteiger partial charge on any atom is 0.391 e. The summed E-state index contributed by atoms with van der Waals surface area (Å²) >= 11 is 1.79. The smallest absolute Gasteiger partial charge is 0.354 e. The molecule has 1 aliphatic heterocycles. The number of carbonyl (C=O) groups is 1. The van der Waals surface area contributed by atoms with Crippen LogP contribution in [0.25, 0.3) is 0 Å². The number of alkyl halides is 3. The zero-order chi connectivity index (χ0) is 18.0. The number of fused-ring (bicyclic) bond motifs is 1. The van der Waals surface area contributed by atoms with Gasteiger partial charge in [0, 0.05) is 36.5 Å². The molecule has 1 fully saturated rings. The van der Waals surface area contributed by atoms with Crippen molar-refractivity contribution in [1.29, 1.82) is 0 Å². The zero-order valence-electron chi connectivity index (χ0n) is 14.4. The molecule has 1 amide bonds. The van der Waals surface area contributed by atoms with E-state index in [0.717, 1.165) is 19.5 Å². The number of nitrogens with zero attached hydrogens (tertiary/aromatic N) is 1. The SMILES string of the molecule is C[C@H](CNC(=O)[C@@H]1CCC[C@H](C(F)(F)F)C1)N1CCc2sccc2C1. The summed E-state index contributed by atoms with van der Waals surface area (Å²) < 4.78 is 38.7. The minimum absolute atomic E-state index is 0.0638. The number of hydrogen-bond donors (Lipinski definition) is 1. The fourth-order valence-corrected chi connectivity index (χ4v) is 4.78. The van der Waals surface area contributed by atoms with Crippen molar-refractivity contribution in [3.8, 4) is 0 Å². The van der Waals surface area contributed by atoms with E-state index in [4.69, 9.17) is 0 Å². The molecule has 0 unspecified atom stereocenters. The molecule has 3 rings (SSSR count). The Balaban J connectivity index is 1.47. The third kappa shape index (κ3) is 4.56. The van der Waals surface area contributed by atoms with Crippen LogP contribution in [-0.2, 0) is 17.8 Å². The average molecular weight is 374 g/mol. The van der Waals surface area contributed by atoms with Crippen LogP contribution in [0.5, 0.6) is 0 Å². The first-order chi connectivity index (χ1) is 11.8. The van der Waals surface area contributed by atoms with Crippen LogP contribution in [0.4, 0.5) is 13.2 Å². The fraction of sp³-hybridized carbons (Fsp3) is 0.722. The van der Waals surface area contributed by atoms with Gasteiger partial charge < -0.3 is 5.32 Å². The molecule has 3 nitrogen and oxygen atoms in total. The standard InChI is InChI=1S/C18H25F3N2OS/c1-12(23-7-5-16-14(11-23)6-8-25-16)10-22-17(24)13-3-2-4-15(9-13)18(19,20)21/h6,8,12-13,15H,2-5,7,9-11H2,1H3,(H,22,24)/t12-,13-,15+/m1/s1. The molecule has 1 N–H and O–H groups in total. The average Bonchev–Trinajstić information content (AvgIpc) is 3.06. The van der Waals surface area contributed by atoms with E-state index in [0.29, 0.717) is 19.4 Å². The minimum atomic E-state index is -4.18. The lowest BCUT2D eigenvalue weighted by atomic mass is 9.80. The molecule has 2 aliphatic rings. The first-order valence-electron chi connectivity index (χ1n) is 8.98. The summed E-state index contributed by atoms with van der Waals surface area (Å²) in [6.07, 6.45) is -2.02. The highest BCUT2D eigenvalue weighted by atomic mass is 32.1. The molecule has 1 aromatic heterocycles. The third-order valence-electron chi connectivity index (χ3n) is 5.54. The van der Waals surface area contributed by atoms with Gasteiger partial charge in [-0.05, 0) is 49.6 Å². The predicted molar refractivity (Wildman–Crippen MR) is 92.4 cm³/mol. The van der Waals surface area contributed by atoms with E-state index in [1.165, 1.54) is 10.4 Å². The highest BCUT2D eigenvalue weighted by molar-refractivity contribution is 7.10. The van der Waals surface area contributed by atoms with E-state index in [1.807, 2.05) is 0 Å². The Hall–Kier alpha value is -1.08. The fourth-order valence-electron chi connectivity index (χ4n) is 3.89. The first-order valence-corrected chi connectivity index (χ1v) is 9.86. The Morgan fingerprint density at radius 3 is 3.00 bits per heavy atom. The normalized spacial score (nSPS) is 26.1. The molecule has 1 aliphatic carbocycles. The summed E-state index contributed by atoms with van der Waals surface area (Å²) in [5.74, 6) is -2.04. The van der Waals surface area contributed by atoms with Crippen molar-refractivity contribution in [3.05, 3.63) is 21.9 Å². The van der Waals surface area contributed by atoms with Crippen molar-refractivity contribution in [1.82, 2.24) is 10.2 Å². The van der Waals surface area contributed by atoms with Crippen LogP contribution >= 0.6 is 11.3 Å². The predicted octanol–water partition coefficient (Wildman–Crippen LogP) is 3.98. The van der Waals surface area contributed by atoms with E-state index in [9.17, 15) is 18.0 Å². The van der Waals surface area contributed by atoms with Crippen molar-refractivity contribution < 1.29 is 18.0 Å². The molecule has 2 heterocycles. The summed E-state index contributed by atoms with van der Waals surface area (Å²) in [6.45, 7) is 4.40. The van der Waals surface area contributed by atoms with Crippen molar-refractivity contribution in [2.75, 3.05) is 13.1 Å². The molecule has 0 spiro atoms. The van der Waals surface area contributed by atoms with Crippen LogP contribution < -0.4 is 5.32 Å². The number of hydrogen-bond acceptors (Lipinski definition) is 3. The van der Waals surface area contributed by atoms with Crippen LogP contribution in [0.1, 0.15) is 43.0 Å². The van der Waals surface area contributed by atoms with Gasteiger partial charge in [-0.1, -0.05) is 6.42 Å². The summed E-state index contributed by atoms with van der Waals surface area (Å²) in [7, 11) is 0. The number of carbonyl (C=O) groups excluding carboxylic acids is 1. The van der Waals surface area contributed by atoms with E-state index >= 15 is 0 Å². The Morgan fingerprint density at radius 2 is 2.24 bits per heavy atom. The van der Waals surface area contributed by atoms with Gasteiger partial charge in [-0.2, -0.15) is 13.2 Å². The van der Waals surface area contributed by atoms with Gasteiger partial charge in [0.2, 0.25) is 5.91 Å². The molecule has 140 valence electrons. The highest BCUT2D eigenvalue weighted by Crippen LogP contribution is 2.39. The van der Waals surface area contributed by atoms with Crippen LogP contribution in [0.3, 0.4) is 0 Å². The molecule has 0 radical (unpaired) electrons. The second kappa shape index (κ2) is 7.66. The second-order valence-electron chi connectivity index (χ2n) is 7.29. The third-order valence-corrected chi connectivity index (χ3v) is 6.56. The lowest BCUT2D eigenvalue weighted by molar-refractivity contribution is -0.186. The van der Waals surface area contributed by atoms with E-state index < -0.39 is 18.0 Å². The number of halogens is 3. The lowest BCUT2D eigenvalue weighted by Gasteiger charge is -2.33. The van der Waals surface area contributed by atoms with Crippen molar-refractivity contribution in [2.24, 2.45) is 11.8 Å². The van der Waals surface area contributed by atoms with Crippen LogP contribution in [0.15, 0.2) is 11.4 Å². The molecular formula is C18H25F3N2OS. The summed E-state index contributed by atoms with van der Waals surface area (Å²) in [5, 5.41) is 5.01. The van der Waals surface area contributed by atoms with Gasteiger partial charge >= 0.3 is 6.18 Å². The first kappa shape index (κ1) is 18.7.